The van der Waals surface area contributed by atoms with Crippen LogP contribution in [-0.4, -0.2) is 28.9 Å². The van der Waals surface area contributed by atoms with Crippen molar-refractivity contribution in [1.82, 2.24) is 4.57 Å². The van der Waals surface area contributed by atoms with Crippen LogP contribution in [0.25, 0.3) is 5.69 Å². The van der Waals surface area contributed by atoms with Crippen LogP contribution in [0.3, 0.4) is 0 Å². The maximum atomic E-state index is 11.3. The molecule has 22 heavy (non-hydrogen) atoms. The highest BCUT2D eigenvalue weighted by atomic mass is 16.5. The van der Waals surface area contributed by atoms with Crippen molar-refractivity contribution in [2.24, 2.45) is 0 Å². The average Bonchev–Trinajstić information content (AvgIpc) is 2.77. The van der Waals surface area contributed by atoms with Gasteiger partial charge in [-0.15, -0.1) is 0 Å². The molecule has 0 aliphatic rings. The number of hydrogen-bond acceptors (Lipinski definition) is 3. The van der Waals surface area contributed by atoms with Crippen LogP contribution in [0.5, 0.6) is 11.5 Å². The van der Waals surface area contributed by atoms with Gasteiger partial charge < -0.3 is 19.1 Å². The third-order valence-electron chi connectivity index (χ3n) is 3.45. The van der Waals surface area contributed by atoms with E-state index in [9.17, 15) is 9.90 Å². The maximum absolute atomic E-state index is 11.3. The lowest BCUT2D eigenvalue weighted by molar-refractivity contribution is 0.0696. The van der Waals surface area contributed by atoms with E-state index in [0.717, 1.165) is 11.4 Å². The number of rotatable bonds is 6. The van der Waals surface area contributed by atoms with Gasteiger partial charge in [0.15, 0.2) is 11.5 Å². The molecule has 0 saturated carbocycles. The molecule has 0 radical (unpaired) electrons. The third-order valence-corrected chi connectivity index (χ3v) is 3.45. The molecule has 1 aromatic carbocycles. The number of aromatic nitrogens is 1. The van der Waals surface area contributed by atoms with Gasteiger partial charge in [0.05, 0.1) is 18.8 Å². The zero-order chi connectivity index (χ0) is 16.3. The van der Waals surface area contributed by atoms with E-state index >= 15 is 0 Å². The fourth-order valence-corrected chi connectivity index (χ4v) is 2.56. The van der Waals surface area contributed by atoms with E-state index in [0.29, 0.717) is 36.0 Å². The summed E-state index contributed by atoms with van der Waals surface area (Å²) in [5, 5.41) is 9.25. The Morgan fingerprint density at radius 1 is 1.09 bits per heavy atom. The van der Waals surface area contributed by atoms with Crippen LogP contribution in [0.1, 0.15) is 35.6 Å². The topological polar surface area (TPSA) is 60.7 Å². The molecule has 0 fully saturated rings. The van der Waals surface area contributed by atoms with Crippen LogP contribution in [0.2, 0.25) is 0 Å². The number of benzene rings is 1. The molecule has 0 unspecified atom stereocenters. The molecule has 1 aromatic heterocycles. The van der Waals surface area contributed by atoms with Gasteiger partial charge in [0, 0.05) is 23.1 Å². The first-order valence-electron chi connectivity index (χ1n) is 7.31. The van der Waals surface area contributed by atoms with Gasteiger partial charge >= 0.3 is 5.97 Å². The summed E-state index contributed by atoms with van der Waals surface area (Å²) in [5.41, 5.74) is 2.72. The highest BCUT2D eigenvalue weighted by molar-refractivity contribution is 5.89. The Labute approximate surface area is 130 Å². The Balaban J connectivity index is 2.53. The van der Waals surface area contributed by atoms with Gasteiger partial charge in [-0.1, -0.05) is 0 Å². The molecule has 1 N–H and O–H groups in total. The first-order valence-corrected chi connectivity index (χ1v) is 7.31. The smallest absolute Gasteiger partial charge is 0.337 e. The zero-order valence-corrected chi connectivity index (χ0v) is 13.3. The fourth-order valence-electron chi connectivity index (χ4n) is 2.56. The molecule has 2 aromatic rings. The summed E-state index contributed by atoms with van der Waals surface area (Å²) in [6.07, 6.45) is 0. The molecule has 0 amide bonds. The van der Waals surface area contributed by atoms with Gasteiger partial charge in [0.1, 0.15) is 0 Å². The number of nitrogens with zero attached hydrogens (tertiary/aromatic N) is 1. The summed E-state index contributed by atoms with van der Waals surface area (Å²) in [5.74, 6) is 0.426. The summed E-state index contributed by atoms with van der Waals surface area (Å²) >= 11 is 0. The number of hydrogen-bond donors (Lipinski definition) is 1. The molecule has 0 aliphatic heterocycles. The predicted octanol–water partition coefficient (Wildman–Crippen LogP) is 3.59. The summed E-state index contributed by atoms with van der Waals surface area (Å²) in [6, 6.07) is 7.30. The van der Waals surface area contributed by atoms with Gasteiger partial charge in [0.2, 0.25) is 0 Å². The Bertz CT molecular complexity index is 688. The average molecular weight is 303 g/mol. The van der Waals surface area contributed by atoms with Crippen molar-refractivity contribution >= 4 is 5.97 Å². The summed E-state index contributed by atoms with van der Waals surface area (Å²) in [4.78, 5) is 11.3. The minimum atomic E-state index is -0.921. The molecule has 5 heteroatoms. The highest BCUT2D eigenvalue weighted by Gasteiger charge is 2.17. The minimum absolute atomic E-state index is 0.310. The van der Waals surface area contributed by atoms with Gasteiger partial charge in [-0.25, -0.2) is 4.79 Å². The molecular weight excluding hydrogens is 282 g/mol. The minimum Gasteiger partial charge on any atom is -0.490 e. The summed E-state index contributed by atoms with van der Waals surface area (Å²) in [7, 11) is 0. The van der Waals surface area contributed by atoms with Crippen LogP contribution in [0.15, 0.2) is 24.3 Å². The molecular formula is C17H21NO4. The van der Waals surface area contributed by atoms with E-state index in [1.807, 2.05) is 43.5 Å². The molecule has 0 spiro atoms. The van der Waals surface area contributed by atoms with Crippen LogP contribution >= 0.6 is 0 Å². The molecule has 2 rings (SSSR count). The number of carbonyl (C=O) groups is 1. The second-order valence-corrected chi connectivity index (χ2v) is 4.92. The summed E-state index contributed by atoms with van der Waals surface area (Å²) < 4.78 is 13.1. The lowest BCUT2D eigenvalue weighted by atomic mass is 10.2. The SMILES string of the molecule is CCOc1ccc(-n2c(C)cc(C(=O)O)c2C)cc1OCC. The van der Waals surface area contributed by atoms with Crippen molar-refractivity contribution in [3.8, 4) is 17.2 Å². The van der Waals surface area contributed by atoms with E-state index in [-0.39, 0.29) is 0 Å². The Morgan fingerprint density at radius 3 is 2.27 bits per heavy atom. The standard InChI is InChI=1S/C17H21NO4/c1-5-21-15-8-7-13(10-16(15)22-6-2)18-11(3)9-14(12(18)4)17(19)20/h7-10H,5-6H2,1-4H3,(H,19,20). The first kappa shape index (κ1) is 15.9. The second-order valence-electron chi connectivity index (χ2n) is 4.92. The Hall–Kier alpha value is -2.43. The molecule has 118 valence electrons. The molecule has 1 heterocycles. The van der Waals surface area contributed by atoms with Crippen LogP contribution < -0.4 is 9.47 Å². The molecule has 0 aliphatic carbocycles. The second kappa shape index (κ2) is 6.56. The normalized spacial score (nSPS) is 10.5. The van der Waals surface area contributed by atoms with Crippen molar-refractivity contribution < 1.29 is 19.4 Å². The van der Waals surface area contributed by atoms with E-state index in [1.54, 1.807) is 13.0 Å². The Morgan fingerprint density at radius 2 is 1.73 bits per heavy atom. The van der Waals surface area contributed by atoms with Gasteiger partial charge in [-0.3, -0.25) is 0 Å². The van der Waals surface area contributed by atoms with Gasteiger partial charge in [-0.2, -0.15) is 0 Å². The monoisotopic (exact) mass is 303 g/mol. The number of ether oxygens (including phenoxy) is 2. The summed E-state index contributed by atoms with van der Waals surface area (Å²) in [6.45, 7) is 8.61. The van der Waals surface area contributed by atoms with Gasteiger partial charge in [0.25, 0.3) is 0 Å². The van der Waals surface area contributed by atoms with Crippen LogP contribution in [0.4, 0.5) is 0 Å². The lowest BCUT2D eigenvalue weighted by Crippen LogP contribution is -2.04. The number of carboxylic acids is 1. The third kappa shape index (κ3) is 2.93. The molecule has 0 saturated heterocycles. The van der Waals surface area contributed by atoms with E-state index in [1.165, 1.54) is 0 Å². The van der Waals surface area contributed by atoms with Crippen LogP contribution in [-0.2, 0) is 0 Å². The number of carboxylic acid groups (broad SMARTS) is 1. The van der Waals surface area contributed by atoms with Crippen molar-refractivity contribution in [2.45, 2.75) is 27.7 Å². The predicted molar refractivity (Wildman–Crippen MR) is 84.5 cm³/mol. The quantitative estimate of drug-likeness (QED) is 0.886. The van der Waals surface area contributed by atoms with Crippen molar-refractivity contribution in [2.75, 3.05) is 13.2 Å². The lowest BCUT2D eigenvalue weighted by Gasteiger charge is -2.15. The zero-order valence-electron chi connectivity index (χ0n) is 13.3. The number of aromatic carboxylic acids is 1. The van der Waals surface area contributed by atoms with Crippen molar-refractivity contribution in [3.05, 3.63) is 41.2 Å². The molecule has 5 nitrogen and oxygen atoms in total. The highest BCUT2D eigenvalue weighted by Crippen LogP contribution is 2.31. The largest absolute Gasteiger partial charge is 0.490 e. The van der Waals surface area contributed by atoms with E-state index in [4.69, 9.17) is 9.47 Å². The van der Waals surface area contributed by atoms with E-state index in [2.05, 4.69) is 0 Å². The first-order chi connectivity index (χ1) is 10.5. The Kier molecular flexibility index (Phi) is 4.75. The molecule has 0 atom stereocenters. The van der Waals surface area contributed by atoms with Crippen LogP contribution in [0, 0.1) is 13.8 Å². The van der Waals surface area contributed by atoms with Crippen molar-refractivity contribution in [1.29, 1.82) is 0 Å². The number of aryl methyl sites for hydroxylation is 1. The fraction of sp³-hybridized carbons (Fsp3) is 0.353. The maximum Gasteiger partial charge on any atom is 0.337 e. The van der Waals surface area contributed by atoms with Crippen molar-refractivity contribution in [3.63, 3.8) is 0 Å². The van der Waals surface area contributed by atoms with E-state index < -0.39 is 5.97 Å². The molecule has 0 bridgehead atoms. The van der Waals surface area contributed by atoms with Gasteiger partial charge in [-0.05, 0) is 45.9 Å².